The molecule has 0 bridgehead atoms. The average Bonchev–Trinajstić information content (AvgIpc) is 2.15. The number of benzene rings is 1. The molecule has 0 radical (unpaired) electrons. The van der Waals surface area contributed by atoms with Crippen molar-refractivity contribution in [3.63, 3.8) is 0 Å². The summed E-state index contributed by atoms with van der Waals surface area (Å²) in [6.07, 6.45) is -4.15. The van der Waals surface area contributed by atoms with E-state index in [1.54, 1.807) is 24.3 Å². The monoisotopic (exact) mass is 216 g/mol. The predicted octanol–water partition coefficient (Wildman–Crippen LogP) is 4.48. The standard InChI is InChI=1S/C12H15F3/c1-8(2)10-4-6-11(7-5-10)9(3)12(13,14)15/h4-9H,1-3H3. The zero-order valence-corrected chi connectivity index (χ0v) is 9.10. The van der Waals surface area contributed by atoms with E-state index in [1.807, 2.05) is 13.8 Å². The van der Waals surface area contributed by atoms with Gasteiger partial charge in [-0.15, -0.1) is 0 Å². The lowest BCUT2D eigenvalue weighted by atomic mass is 9.96. The van der Waals surface area contributed by atoms with Crippen molar-refractivity contribution >= 4 is 0 Å². The Kier molecular flexibility index (Phi) is 3.42. The normalized spacial score (nSPS) is 14.3. The molecular weight excluding hydrogens is 201 g/mol. The van der Waals surface area contributed by atoms with Crippen LogP contribution >= 0.6 is 0 Å². The highest BCUT2D eigenvalue weighted by Crippen LogP contribution is 2.34. The van der Waals surface area contributed by atoms with E-state index in [0.29, 0.717) is 11.5 Å². The van der Waals surface area contributed by atoms with Crippen molar-refractivity contribution in [2.45, 2.75) is 38.8 Å². The molecule has 0 saturated heterocycles. The van der Waals surface area contributed by atoms with E-state index in [2.05, 4.69) is 0 Å². The van der Waals surface area contributed by atoms with E-state index in [4.69, 9.17) is 0 Å². The zero-order chi connectivity index (χ0) is 11.6. The summed E-state index contributed by atoms with van der Waals surface area (Å²) in [5.41, 5.74) is 1.39. The first-order valence-corrected chi connectivity index (χ1v) is 4.99. The van der Waals surface area contributed by atoms with E-state index < -0.39 is 12.1 Å². The Bertz CT molecular complexity index is 309. The summed E-state index contributed by atoms with van der Waals surface area (Å²) < 4.78 is 37.2. The lowest BCUT2D eigenvalue weighted by molar-refractivity contribution is -0.146. The summed E-state index contributed by atoms with van der Waals surface area (Å²) in [6.45, 7) is 5.22. The van der Waals surface area contributed by atoms with E-state index in [1.165, 1.54) is 6.92 Å². The van der Waals surface area contributed by atoms with Crippen molar-refractivity contribution in [3.8, 4) is 0 Å². The summed E-state index contributed by atoms with van der Waals surface area (Å²) in [4.78, 5) is 0. The van der Waals surface area contributed by atoms with Crippen LogP contribution in [-0.4, -0.2) is 6.18 Å². The second kappa shape index (κ2) is 4.25. The number of hydrogen-bond acceptors (Lipinski definition) is 0. The number of halogens is 3. The van der Waals surface area contributed by atoms with Crippen LogP contribution in [0.3, 0.4) is 0 Å². The first kappa shape index (κ1) is 12.1. The van der Waals surface area contributed by atoms with Gasteiger partial charge in [0.1, 0.15) is 0 Å². The lowest BCUT2D eigenvalue weighted by Gasteiger charge is -2.16. The molecule has 1 unspecified atom stereocenters. The number of hydrogen-bond donors (Lipinski definition) is 0. The minimum absolute atomic E-state index is 0.326. The maximum atomic E-state index is 12.4. The molecule has 0 amide bonds. The molecule has 0 spiro atoms. The van der Waals surface area contributed by atoms with Gasteiger partial charge in [0.2, 0.25) is 0 Å². The Labute approximate surface area is 88.1 Å². The van der Waals surface area contributed by atoms with Crippen LogP contribution in [0.4, 0.5) is 13.2 Å². The van der Waals surface area contributed by atoms with Gasteiger partial charge in [0.15, 0.2) is 0 Å². The van der Waals surface area contributed by atoms with Crippen LogP contribution in [-0.2, 0) is 0 Å². The maximum Gasteiger partial charge on any atom is 0.395 e. The van der Waals surface area contributed by atoms with Crippen molar-refractivity contribution in [3.05, 3.63) is 35.4 Å². The van der Waals surface area contributed by atoms with Crippen LogP contribution < -0.4 is 0 Å². The smallest absolute Gasteiger partial charge is 0.170 e. The first-order chi connectivity index (χ1) is 6.82. The largest absolute Gasteiger partial charge is 0.395 e. The molecular formula is C12H15F3. The Morgan fingerprint density at radius 2 is 1.27 bits per heavy atom. The van der Waals surface area contributed by atoms with Gasteiger partial charge >= 0.3 is 6.18 Å². The molecule has 1 rings (SSSR count). The van der Waals surface area contributed by atoms with E-state index >= 15 is 0 Å². The number of alkyl halides is 3. The van der Waals surface area contributed by atoms with Gasteiger partial charge in [-0.05, 0) is 24.0 Å². The van der Waals surface area contributed by atoms with E-state index in [9.17, 15) is 13.2 Å². The van der Waals surface area contributed by atoms with Crippen LogP contribution in [0.15, 0.2) is 24.3 Å². The molecule has 0 aliphatic rings. The van der Waals surface area contributed by atoms with Gasteiger partial charge in [-0.25, -0.2) is 0 Å². The molecule has 0 fully saturated rings. The third kappa shape index (κ3) is 2.98. The fourth-order valence-corrected chi connectivity index (χ4v) is 1.36. The molecule has 0 saturated carbocycles. The Hall–Kier alpha value is -0.990. The Balaban J connectivity index is 2.89. The second-order valence-electron chi connectivity index (χ2n) is 4.08. The van der Waals surface area contributed by atoms with Gasteiger partial charge in [0.05, 0.1) is 5.92 Å². The highest BCUT2D eigenvalue weighted by molar-refractivity contribution is 5.27. The summed E-state index contributed by atoms with van der Waals surface area (Å²) >= 11 is 0. The molecule has 0 nitrogen and oxygen atoms in total. The predicted molar refractivity (Wildman–Crippen MR) is 55.0 cm³/mol. The highest BCUT2D eigenvalue weighted by atomic mass is 19.4. The molecule has 0 heterocycles. The van der Waals surface area contributed by atoms with Crippen LogP contribution in [0, 0.1) is 0 Å². The summed E-state index contributed by atoms with van der Waals surface area (Å²) in [5.74, 6) is -1.04. The molecule has 1 atom stereocenters. The van der Waals surface area contributed by atoms with Gasteiger partial charge in [-0.1, -0.05) is 38.1 Å². The molecule has 0 aliphatic carbocycles. The number of rotatable bonds is 2. The summed E-state index contributed by atoms with van der Waals surface area (Å²) in [5, 5.41) is 0. The first-order valence-electron chi connectivity index (χ1n) is 4.99. The SMILES string of the molecule is CC(C)c1ccc(C(C)C(F)(F)F)cc1. The van der Waals surface area contributed by atoms with Crippen LogP contribution in [0.25, 0.3) is 0 Å². The molecule has 3 heteroatoms. The van der Waals surface area contributed by atoms with Gasteiger partial charge < -0.3 is 0 Å². The molecule has 1 aromatic rings. The molecule has 0 aromatic heterocycles. The molecule has 15 heavy (non-hydrogen) atoms. The van der Waals surface area contributed by atoms with Crippen molar-refractivity contribution in [2.75, 3.05) is 0 Å². The molecule has 0 N–H and O–H groups in total. The van der Waals surface area contributed by atoms with E-state index in [0.717, 1.165) is 5.56 Å². The molecule has 0 aliphatic heterocycles. The van der Waals surface area contributed by atoms with Crippen LogP contribution in [0.1, 0.15) is 43.7 Å². The Morgan fingerprint density at radius 3 is 1.60 bits per heavy atom. The van der Waals surface area contributed by atoms with E-state index in [-0.39, 0.29) is 0 Å². The van der Waals surface area contributed by atoms with Gasteiger partial charge in [0, 0.05) is 0 Å². The minimum Gasteiger partial charge on any atom is -0.170 e. The molecule has 1 aromatic carbocycles. The van der Waals surface area contributed by atoms with Crippen molar-refractivity contribution < 1.29 is 13.2 Å². The van der Waals surface area contributed by atoms with Gasteiger partial charge in [-0.3, -0.25) is 0 Å². The second-order valence-corrected chi connectivity index (χ2v) is 4.08. The molecule has 84 valence electrons. The highest BCUT2D eigenvalue weighted by Gasteiger charge is 2.36. The van der Waals surface area contributed by atoms with Gasteiger partial charge in [-0.2, -0.15) is 13.2 Å². The summed E-state index contributed by atoms with van der Waals surface area (Å²) in [7, 11) is 0. The minimum atomic E-state index is -4.15. The Morgan fingerprint density at radius 1 is 0.867 bits per heavy atom. The van der Waals surface area contributed by atoms with Crippen LogP contribution in [0.5, 0.6) is 0 Å². The quantitative estimate of drug-likeness (QED) is 0.684. The average molecular weight is 216 g/mol. The lowest BCUT2D eigenvalue weighted by Crippen LogP contribution is -2.17. The topological polar surface area (TPSA) is 0 Å². The third-order valence-corrected chi connectivity index (χ3v) is 2.59. The maximum absolute atomic E-state index is 12.4. The fourth-order valence-electron chi connectivity index (χ4n) is 1.36. The third-order valence-electron chi connectivity index (χ3n) is 2.59. The zero-order valence-electron chi connectivity index (χ0n) is 9.10. The van der Waals surface area contributed by atoms with Crippen molar-refractivity contribution in [1.82, 2.24) is 0 Å². The van der Waals surface area contributed by atoms with Gasteiger partial charge in [0.25, 0.3) is 0 Å². The van der Waals surface area contributed by atoms with Crippen molar-refractivity contribution in [2.24, 2.45) is 0 Å². The summed E-state index contributed by atoms with van der Waals surface area (Å²) in [6, 6.07) is 6.66. The van der Waals surface area contributed by atoms with Crippen molar-refractivity contribution in [1.29, 1.82) is 0 Å². The fraction of sp³-hybridized carbons (Fsp3) is 0.500. The van der Waals surface area contributed by atoms with Crippen LogP contribution in [0.2, 0.25) is 0 Å².